The largest absolute Gasteiger partial charge is 0.373 e. The Hall–Kier alpha value is -0.860. The zero-order chi connectivity index (χ0) is 14.4. The quantitative estimate of drug-likeness (QED) is 0.832. The standard InChI is InChI=1S/C18H29NO/c1-3-14-9-8-12-16(13-14)20-17(4-2)18(19)15-10-6-5-7-11-15/h5-7,10-11,14,16-18H,3-4,8-9,12-13,19H2,1-2H3. The fourth-order valence-electron chi connectivity index (χ4n) is 3.31. The Morgan fingerprint density at radius 3 is 2.60 bits per heavy atom. The van der Waals surface area contributed by atoms with Gasteiger partial charge in [-0.15, -0.1) is 0 Å². The van der Waals surface area contributed by atoms with Crippen LogP contribution in [0.2, 0.25) is 0 Å². The van der Waals surface area contributed by atoms with Crippen LogP contribution >= 0.6 is 0 Å². The predicted octanol–water partition coefficient (Wildman–Crippen LogP) is 4.45. The summed E-state index contributed by atoms with van der Waals surface area (Å²) in [5, 5.41) is 0. The van der Waals surface area contributed by atoms with Gasteiger partial charge in [0.05, 0.1) is 18.2 Å². The van der Waals surface area contributed by atoms with Gasteiger partial charge < -0.3 is 10.5 Å². The van der Waals surface area contributed by atoms with E-state index in [0.29, 0.717) is 6.10 Å². The van der Waals surface area contributed by atoms with Crippen LogP contribution in [0.3, 0.4) is 0 Å². The third kappa shape index (κ3) is 4.07. The maximum Gasteiger partial charge on any atom is 0.0768 e. The monoisotopic (exact) mass is 275 g/mol. The van der Waals surface area contributed by atoms with Gasteiger partial charge in [-0.1, -0.05) is 63.4 Å². The highest BCUT2D eigenvalue weighted by Crippen LogP contribution is 2.31. The van der Waals surface area contributed by atoms with Crippen LogP contribution in [0.15, 0.2) is 30.3 Å². The Kier molecular flexibility index (Phi) is 6.06. The van der Waals surface area contributed by atoms with Crippen LogP contribution in [0.5, 0.6) is 0 Å². The number of nitrogens with two attached hydrogens (primary N) is 1. The molecule has 0 aromatic heterocycles. The third-order valence-electron chi connectivity index (χ3n) is 4.67. The van der Waals surface area contributed by atoms with Gasteiger partial charge in [-0.25, -0.2) is 0 Å². The van der Waals surface area contributed by atoms with E-state index in [1.807, 2.05) is 6.07 Å². The fraction of sp³-hybridized carbons (Fsp3) is 0.667. The number of rotatable bonds is 6. The van der Waals surface area contributed by atoms with Crippen LogP contribution in [0.1, 0.15) is 64.0 Å². The fourth-order valence-corrected chi connectivity index (χ4v) is 3.31. The van der Waals surface area contributed by atoms with E-state index >= 15 is 0 Å². The SMILES string of the molecule is CCC1CCCC(OC(CC)C(N)c2ccccc2)C1. The van der Waals surface area contributed by atoms with E-state index in [0.717, 1.165) is 12.3 Å². The Labute approximate surface area is 123 Å². The maximum absolute atomic E-state index is 6.41. The molecule has 1 aliphatic carbocycles. The van der Waals surface area contributed by atoms with Gasteiger partial charge in [0.1, 0.15) is 0 Å². The van der Waals surface area contributed by atoms with Crippen LogP contribution < -0.4 is 5.73 Å². The van der Waals surface area contributed by atoms with Crippen LogP contribution in [-0.2, 0) is 4.74 Å². The molecule has 1 aromatic carbocycles. The molecule has 2 rings (SSSR count). The Morgan fingerprint density at radius 1 is 1.20 bits per heavy atom. The van der Waals surface area contributed by atoms with Crippen molar-refractivity contribution >= 4 is 0 Å². The zero-order valence-corrected chi connectivity index (χ0v) is 12.9. The molecular formula is C18H29NO. The highest BCUT2D eigenvalue weighted by Gasteiger charge is 2.26. The minimum atomic E-state index is -0.0109. The first-order valence-electron chi connectivity index (χ1n) is 8.20. The average molecular weight is 275 g/mol. The van der Waals surface area contributed by atoms with Gasteiger partial charge in [0.25, 0.3) is 0 Å². The van der Waals surface area contributed by atoms with Crippen molar-refractivity contribution in [1.29, 1.82) is 0 Å². The molecule has 0 heterocycles. The molecule has 4 atom stereocenters. The molecular weight excluding hydrogens is 246 g/mol. The summed E-state index contributed by atoms with van der Waals surface area (Å²) in [6, 6.07) is 10.3. The molecule has 1 aromatic rings. The predicted molar refractivity (Wildman–Crippen MR) is 84.6 cm³/mol. The second-order valence-corrected chi connectivity index (χ2v) is 6.08. The highest BCUT2D eigenvalue weighted by atomic mass is 16.5. The topological polar surface area (TPSA) is 35.2 Å². The highest BCUT2D eigenvalue weighted by molar-refractivity contribution is 5.19. The second-order valence-electron chi connectivity index (χ2n) is 6.08. The van der Waals surface area contributed by atoms with Crippen molar-refractivity contribution < 1.29 is 4.74 Å². The lowest BCUT2D eigenvalue weighted by Gasteiger charge is -2.33. The van der Waals surface area contributed by atoms with Crippen LogP contribution in [0.4, 0.5) is 0 Å². The molecule has 0 spiro atoms. The first-order chi connectivity index (χ1) is 9.74. The number of ether oxygens (including phenoxy) is 1. The van der Waals surface area contributed by atoms with Crippen molar-refractivity contribution in [3.63, 3.8) is 0 Å². The maximum atomic E-state index is 6.41. The first kappa shape index (κ1) is 15.5. The van der Waals surface area contributed by atoms with E-state index in [9.17, 15) is 0 Å². The summed E-state index contributed by atoms with van der Waals surface area (Å²) >= 11 is 0. The molecule has 2 nitrogen and oxygen atoms in total. The molecule has 0 saturated heterocycles. The molecule has 4 unspecified atom stereocenters. The summed E-state index contributed by atoms with van der Waals surface area (Å²) in [6.07, 6.45) is 7.90. The first-order valence-corrected chi connectivity index (χ1v) is 8.20. The average Bonchev–Trinajstić information content (AvgIpc) is 2.53. The van der Waals surface area contributed by atoms with Gasteiger partial charge in [0.15, 0.2) is 0 Å². The zero-order valence-electron chi connectivity index (χ0n) is 12.9. The molecule has 0 bridgehead atoms. The number of benzene rings is 1. The third-order valence-corrected chi connectivity index (χ3v) is 4.67. The van der Waals surface area contributed by atoms with E-state index in [1.165, 1.54) is 37.7 Å². The van der Waals surface area contributed by atoms with Gasteiger partial charge >= 0.3 is 0 Å². The molecule has 1 saturated carbocycles. The molecule has 1 fully saturated rings. The Morgan fingerprint density at radius 2 is 1.95 bits per heavy atom. The van der Waals surface area contributed by atoms with Gasteiger partial charge in [0.2, 0.25) is 0 Å². The Bertz CT molecular complexity index is 378. The minimum Gasteiger partial charge on any atom is -0.373 e. The van der Waals surface area contributed by atoms with E-state index in [-0.39, 0.29) is 12.1 Å². The summed E-state index contributed by atoms with van der Waals surface area (Å²) in [7, 11) is 0. The number of hydrogen-bond acceptors (Lipinski definition) is 2. The summed E-state index contributed by atoms with van der Waals surface area (Å²) < 4.78 is 6.36. The van der Waals surface area contributed by atoms with Crippen LogP contribution in [0.25, 0.3) is 0 Å². The Balaban J connectivity index is 1.94. The van der Waals surface area contributed by atoms with Gasteiger partial charge in [0, 0.05) is 0 Å². The van der Waals surface area contributed by atoms with Crippen LogP contribution in [0, 0.1) is 5.92 Å². The molecule has 0 amide bonds. The van der Waals surface area contributed by atoms with Gasteiger partial charge in [-0.2, -0.15) is 0 Å². The molecule has 0 aliphatic heterocycles. The van der Waals surface area contributed by atoms with Crippen molar-refractivity contribution in [1.82, 2.24) is 0 Å². The smallest absolute Gasteiger partial charge is 0.0768 e. The molecule has 1 aliphatic rings. The second kappa shape index (κ2) is 7.80. The van der Waals surface area contributed by atoms with E-state index in [4.69, 9.17) is 10.5 Å². The summed E-state index contributed by atoms with van der Waals surface area (Å²) in [5.41, 5.74) is 7.59. The summed E-state index contributed by atoms with van der Waals surface area (Å²) in [4.78, 5) is 0. The lowest BCUT2D eigenvalue weighted by molar-refractivity contribution is -0.0530. The van der Waals surface area contributed by atoms with E-state index in [2.05, 4.69) is 38.1 Å². The van der Waals surface area contributed by atoms with Crippen molar-refractivity contribution in [2.24, 2.45) is 11.7 Å². The van der Waals surface area contributed by atoms with Crippen LogP contribution in [-0.4, -0.2) is 12.2 Å². The molecule has 2 heteroatoms. The van der Waals surface area contributed by atoms with Crippen molar-refractivity contribution in [2.45, 2.75) is 70.6 Å². The molecule has 0 radical (unpaired) electrons. The van der Waals surface area contributed by atoms with Gasteiger partial charge in [-0.05, 0) is 30.7 Å². The summed E-state index contributed by atoms with van der Waals surface area (Å²) in [6.45, 7) is 4.47. The normalized spacial score (nSPS) is 26.1. The van der Waals surface area contributed by atoms with Crippen molar-refractivity contribution in [3.8, 4) is 0 Å². The van der Waals surface area contributed by atoms with Crippen molar-refractivity contribution in [3.05, 3.63) is 35.9 Å². The number of hydrogen-bond donors (Lipinski definition) is 1. The molecule has 20 heavy (non-hydrogen) atoms. The van der Waals surface area contributed by atoms with E-state index in [1.54, 1.807) is 0 Å². The minimum absolute atomic E-state index is 0.0109. The van der Waals surface area contributed by atoms with Gasteiger partial charge in [-0.3, -0.25) is 0 Å². The summed E-state index contributed by atoms with van der Waals surface area (Å²) in [5.74, 6) is 0.846. The van der Waals surface area contributed by atoms with E-state index < -0.39 is 0 Å². The lowest BCUT2D eigenvalue weighted by Crippen LogP contribution is -2.34. The molecule has 112 valence electrons. The van der Waals surface area contributed by atoms with Crippen molar-refractivity contribution in [2.75, 3.05) is 0 Å². The lowest BCUT2D eigenvalue weighted by atomic mass is 9.85. The molecule has 2 N–H and O–H groups in total.